The summed E-state index contributed by atoms with van der Waals surface area (Å²) in [6, 6.07) is 1.91. The molecule has 1 rings (SSSR count). The van der Waals surface area contributed by atoms with Crippen LogP contribution in [0.5, 0.6) is 0 Å². The molecular weight excluding hydrogens is 162 g/mol. The Morgan fingerprint density at radius 2 is 2.54 bits per heavy atom. The van der Waals surface area contributed by atoms with Crippen LogP contribution in [0.4, 0.5) is 0 Å². The maximum atomic E-state index is 5.20. The first-order valence-electron chi connectivity index (χ1n) is 4.19. The SMILES string of the molecule is C#CC[NH+](C)CC(=C)c1ccoc1. The van der Waals surface area contributed by atoms with Crippen LogP contribution in [0.3, 0.4) is 0 Å². The standard InChI is InChI=1S/C11H13NO/c1-4-6-12(3)8-10(2)11-5-7-13-9-11/h1,5,7,9H,2,6,8H2,3H3/p+1. The maximum Gasteiger partial charge on any atom is 0.139 e. The van der Waals surface area contributed by atoms with Crippen molar-refractivity contribution < 1.29 is 9.32 Å². The van der Waals surface area contributed by atoms with E-state index in [1.165, 1.54) is 4.90 Å². The molecule has 1 aromatic rings. The van der Waals surface area contributed by atoms with Gasteiger partial charge in [0.1, 0.15) is 13.1 Å². The summed E-state index contributed by atoms with van der Waals surface area (Å²) in [4.78, 5) is 1.26. The molecule has 0 aliphatic rings. The van der Waals surface area contributed by atoms with E-state index < -0.39 is 0 Å². The van der Waals surface area contributed by atoms with Gasteiger partial charge in [-0.15, -0.1) is 6.42 Å². The minimum absolute atomic E-state index is 0.719. The van der Waals surface area contributed by atoms with Crippen molar-refractivity contribution in [3.8, 4) is 12.3 Å². The van der Waals surface area contributed by atoms with Gasteiger partial charge in [-0.05, 0) is 12.0 Å². The molecule has 0 fully saturated rings. The van der Waals surface area contributed by atoms with Gasteiger partial charge >= 0.3 is 0 Å². The van der Waals surface area contributed by atoms with E-state index >= 15 is 0 Å². The second kappa shape index (κ2) is 4.54. The van der Waals surface area contributed by atoms with Crippen molar-refractivity contribution in [3.05, 3.63) is 30.7 Å². The summed E-state index contributed by atoms with van der Waals surface area (Å²) in [5, 5.41) is 0. The number of likely N-dealkylation sites (N-methyl/N-ethyl adjacent to an activating group) is 1. The second-order valence-corrected chi connectivity index (χ2v) is 3.13. The summed E-state index contributed by atoms with van der Waals surface area (Å²) in [6.45, 7) is 5.54. The number of quaternary nitrogens is 1. The molecule has 0 saturated heterocycles. The third-order valence-electron chi connectivity index (χ3n) is 1.85. The average Bonchev–Trinajstić information content (AvgIpc) is 2.55. The lowest BCUT2D eigenvalue weighted by atomic mass is 10.1. The summed E-state index contributed by atoms with van der Waals surface area (Å²) in [5.74, 6) is 2.62. The van der Waals surface area contributed by atoms with Crippen molar-refractivity contribution in [2.24, 2.45) is 0 Å². The Kier molecular flexibility index (Phi) is 3.36. The largest absolute Gasteiger partial charge is 0.472 e. The van der Waals surface area contributed by atoms with Crippen molar-refractivity contribution in [1.29, 1.82) is 0 Å². The van der Waals surface area contributed by atoms with Crippen molar-refractivity contribution in [1.82, 2.24) is 0 Å². The fourth-order valence-corrected chi connectivity index (χ4v) is 1.17. The first kappa shape index (κ1) is 9.63. The molecule has 2 heteroatoms. The lowest BCUT2D eigenvalue weighted by Crippen LogP contribution is -3.08. The number of hydrogen-bond donors (Lipinski definition) is 1. The van der Waals surface area contributed by atoms with Crippen LogP contribution < -0.4 is 4.90 Å². The number of furan rings is 1. The van der Waals surface area contributed by atoms with Crippen molar-refractivity contribution >= 4 is 5.57 Å². The van der Waals surface area contributed by atoms with Gasteiger partial charge in [0.15, 0.2) is 0 Å². The third kappa shape index (κ3) is 2.81. The van der Waals surface area contributed by atoms with Gasteiger partial charge in [0, 0.05) is 11.1 Å². The number of rotatable bonds is 4. The van der Waals surface area contributed by atoms with E-state index in [1.54, 1.807) is 12.5 Å². The molecule has 0 bridgehead atoms. The molecule has 1 N–H and O–H groups in total. The van der Waals surface area contributed by atoms with E-state index in [4.69, 9.17) is 10.8 Å². The highest BCUT2D eigenvalue weighted by atomic mass is 16.3. The van der Waals surface area contributed by atoms with Gasteiger partial charge in [0.2, 0.25) is 0 Å². The van der Waals surface area contributed by atoms with Crippen LogP contribution in [-0.4, -0.2) is 20.1 Å². The molecule has 2 nitrogen and oxygen atoms in total. The topological polar surface area (TPSA) is 17.6 Å². The van der Waals surface area contributed by atoms with Crippen LogP contribution in [0.1, 0.15) is 5.56 Å². The van der Waals surface area contributed by atoms with Gasteiger partial charge in [-0.3, -0.25) is 0 Å². The van der Waals surface area contributed by atoms with Crippen LogP contribution in [0, 0.1) is 12.3 Å². The Morgan fingerprint density at radius 1 is 1.77 bits per heavy atom. The van der Waals surface area contributed by atoms with E-state index in [-0.39, 0.29) is 0 Å². The second-order valence-electron chi connectivity index (χ2n) is 3.13. The summed E-state index contributed by atoms with van der Waals surface area (Å²) in [5.41, 5.74) is 2.11. The predicted octanol–water partition coefficient (Wildman–Crippen LogP) is 0.441. The number of nitrogens with one attached hydrogen (secondary N) is 1. The zero-order valence-corrected chi connectivity index (χ0v) is 7.84. The molecule has 13 heavy (non-hydrogen) atoms. The van der Waals surface area contributed by atoms with Gasteiger partial charge in [-0.2, -0.15) is 0 Å². The summed E-state index contributed by atoms with van der Waals surface area (Å²) < 4.78 is 4.97. The predicted molar refractivity (Wildman–Crippen MR) is 53.2 cm³/mol. The fraction of sp³-hybridized carbons (Fsp3) is 0.273. The molecule has 0 aliphatic heterocycles. The average molecular weight is 176 g/mol. The summed E-state index contributed by atoms with van der Waals surface area (Å²) in [7, 11) is 2.05. The van der Waals surface area contributed by atoms with Gasteiger partial charge in [-0.1, -0.05) is 6.58 Å². The van der Waals surface area contributed by atoms with Crippen molar-refractivity contribution in [3.63, 3.8) is 0 Å². The zero-order valence-electron chi connectivity index (χ0n) is 7.84. The zero-order chi connectivity index (χ0) is 9.68. The van der Waals surface area contributed by atoms with Gasteiger partial charge in [-0.25, -0.2) is 0 Å². The van der Waals surface area contributed by atoms with Crippen LogP contribution in [0.25, 0.3) is 5.57 Å². The van der Waals surface area contributed by atoms with Crippen LogP contribution in [0.15, 0.2) is 29.6 Å². The van der Waals surface area contributed by atoms with Gasteiger partial charge in [0.25, 0.3) is 0 Å². The minimum atomic E-state index is 0.719. The van der Waals surface area contributed by atoms with E-state index in [2.05, 4.69) is 12.5 Å². The quantitative estimate of drug-likeness (QED) is 0.659. The molecule has 1 atom stereocenters. The van der Waals surface area contributed by atoms with Crippen molar-refractivity contribution in [2.45, 2.75) is 0 Å². The molecule has 1 aromatic heterocycles. The Bertz CT molecular complexity index is 305. The van der Waals surface area contributed by atoms with Crippen LogP contribution in [0.2, 0.25) is 0 Å². The first-order valence-corrected chi connectivity index (χ1v) is 4.19. The monoisotopic (exact) mass is 176 g/mol. The molecule has 1 heterocycles. The van der Waals surface area contributed by atoms with E-state index in [0.717, 1.165) is 24.2 Å². The minimum Gasteiger partial charge on any atom is -0.472 e. The highest BCUT2D eigenvalue weighted by Gasteiger charge is 2.05. The highest BCUT2D eigenvalue weighted by molar-refractivity contribution is 5.62. The fourth-order valence-electron chi connectivity index (χ4n) is 1.17. The van der Waals surface area contributed by atoms with Crippen LogP contribution >= 0.6 is 0 Å². The molecule has 0 amide bonds. The normalized spacial score (nSPS) is 12.0. The van der Waals surface area contributed by atoms with E-state index in [9.17, 15) is 0 Å². The Labute approximate surface area is 78.8 Å². The number of hydrogen-bond acceptors (Lipinski definition) is 1. The lowest BCUT2D eigenvalue weighted by Gasteiger charge is -2.11. The molecule has 0 radical (unpaired) electrons. The van der Waals surface area contributed by atoms with Gasteiger partial charge in [0.05, 0.1) is 19.6 Å². The smallest absolute Gasteiger partial charge is 0.139 e. The molecule has 0 spiro atoms. The number of terminal acetylenes is 1. The molecule has 68 valence electrons. The van der Waals surface area contributed by atoms with Crippen molar-refractivity contribution in [2.75, 3.05) is 20.1 Å². The molecule has 0 saturated carbocycles. The van der Waals surface area contributed by atoms with Gasteiger partial charge < -0.3 is 9.32 Å². The Hall–Kier alpha value is -1.46. The third-order valence-corrected chi connectivity index (χ3v) is 1.85. The van der Waals surface area contributed by atoms with E-state index in [0.29, 0.717) is 0 Å². The Morgan fingerprint density at radius 3 is 3.08 bits per heavy atom. The lowest BCUT2D eigenvalue weighted by molar-refractivity contribution is -0.863. The molecule has 0 aliphatic carbocycles. The highest BCUT2D eigenvalue weighted by Crippen LogP contribution is 2.09. The molecule has 0 aromatic carbocycles. The maximum absolute atomic E-state index is 5.20. The Balaban J connectivity index is 2.48. The summed E-state index contributed by atoms with van der Waals surface area (Å²) >= 11 is 0. The molecular formula is C11H14NO+. The first-order chi connectivity index (χ1) is 6.24. The van der Waals surface area contributed by atoms with Crippen LogP contribution in [-0.2, 0) is 0 Å². The van der Waals surface area contributed by atoms with E-state index in [1.807, 2.05) is 13.1 Å². The summed E-state index contributed by atoms with van der Waals surface area (Å²) in [6.07, 6.45) is 8.55. The molecule has 1 unspecified atom stereocenters.